The van der Waals surface area contributed by atoms with Gasteiger partial charge in [0.2, 0.25) is 0 Å². The van der Waals surface area contributed by atoms with Crippen molar-refractivity contribution in [2.45, 2.75) is 58.3 Å². The van der Waals surface area contributed by atoms with Gasteiger partial charge in [0, 0.05) is 38.9 Å². The molecule has 0 aliphatic carbocycles. The number of hydrogen-bond acceptors (Lipinski definition) is 10. The number of rotatable bonds is 7. The standard InChI is InChI=1S/C21H24ClNO9/c1-11(24)28-10-17-18(29-12(2)25)19(30-13(3)26)20(31-14(4)27)21(32-17)23-9-15-5-7-16(22)8-6-15/h5-9,17-21H,10H2,1-4H3/t17-,18+,19+,20-,21-/m1/s1. The van der Waals surface area contributed by atoms with Crippen LogP contribution in [0.1, 0.15) is 33.3 Å². The van der Waals surface area contributed by atoms with Gasteiger partial charge in [-0.1, -0.05) is 23.7 Å². The summed E-state index contributed by atoms with van der Waals surface area (Å²) in [5.41, 5.74) is 0.669. The van der Waals surface area contributed by atoms with Gasteiger partial charge in [0.1, 0.15) is 12.7 Å². The van der Waals surface area contributed by atoms with Crippen molar-refractivity contribution in [1.29, 1.82) is 0 Å². The van der Waals surface area contributed by atoms with Crippen molar-refractivity contribution in [3.8, 4) is 0 Å². The van der Waals surface area contributed by atoms with Crippen LogP contribution in [0.15, 0.2) is 29.3 Å². The van der Waals surface area contributed by atoms with Crippen LogP contribution in [0.3, 0.4) is 0 Å². The minimum atomic E-state index is -1.26. The van der Waals surface area contributed by atoms with Crippen molar-refractivity contribution >= 4 is 41.7 Å². The summed E-state index contributed by atoms with van der Waals surface area (Å²) >= 11 is 5.89. The van der Waals surface area contributed by atoms with Crippen LogP contribution in [0.5, 0.6) is 0 Å². The molecule has 1 aliphatic heterocycles. The van der Waals surface area contributed by atoms with Gasteiger partial charge in [-0.15, -0.1) is 0 Å². The van der Waals surface area contributed by atoms with E-state index >= 15 is 0 Å². The van der Waals surface area contributed by atoms with Gasteiger partial charge >= 0.3 is 23.9 Å². The van der Waals surface area contributed by atoms with Gasteiger partial charge in [0.25, 0.3) is 0 Å². The highest BCUT2D eigenvalue weighted by Crippen LogP contribution is 2.30. The van der Waals surface area contributed by atoms with Gasteiger partial charge in [-0.3, -0.25) is 24.2 Å². The Bertz CT molecular complexity index is 871. The summed E-state index contributed by atoms with van der Waals surface area (Å²) in [6, 6.07) is 6.74. The number of benzene rings is 1. The maximum absolute atomic E-state index is 11.8. The fourth-order valence-corrected chi connectivity index (χ4v) is 3.16. The quantitative estimate of drug-likeness (QED) is 0.334. The summed E-state index contributed by atoms with van der Waals surface area (Å²) < 4.78 is 26.9. The third-order valence-electron chi connectivity index (χ3n) is 4.21. The smallest absolute Gasteiger partial charge is 0.303 e. The number of nitrogens with zero attached hydrogens (tertiary/aromatic N) is 1. The van der Waals surface area contributed by atoms with Gasteiger partial charge in [-0.05, 0) is 17.7 Å². The molecule has 0 unspecified atom stereocenters. The maximum Gasteiger partial charge on any atom is 0.303 e. The Hall–Kier alpha value is -2.98. The zero-order valence-corrected chi connectivity index (χ0v) is 18.7. The first-order valence-corrected chi connectivity index (χ1v) is 10.0. The minimum Gasteiger partial charge on any atom is -0.463 e. The number of hydrogen-bond donors (Lipinski definition) is 0. The largest absolute Gasteiger partial charge is 0.463 e. The summed E-state index contributed by atoms with van der Waals surface area (Å²) in [6.07, 6.45) is -4.48. The molecule has 1 aromatic rings. The van der Waals surface area contributed by atoms with Crippen LogP contribution in [0.25, 0.3) is 0 Å². The van der Waals surface area contributed by atoms with Crippen molar-refractivity contribution in [3.05, 3.63) is 34.9 Å². The molecule has 0 aromatic heterocycles. The molecular weight excluding hydrogens is 446 g/mol. The van der Waals surface area contributed by atoms with Gasteiger partial charge < -0.3 is 23.7 Å². The number of esters is 4. The van der Waals surface area contributed by atoms with Crippen LogP contribution in [0.4, 0.5) is 0 Å². The third-order valence-corrected chi connectivity index (χ3v) is 4.46. The molecule has 174 valence electrons. The second-order valence-electron chi connectivity index (χ2n) is 6.92. The van der Waals surface area contributed by atoms with E-state index < -0.39 is 54.5 Å². The van der Waals surface area contributed by atoms with Crippen molar-refractivity contribution in [2.75, 3.05) is 6.61 Å². The molecule has 0 amide bonds. The number of halogens is 1. The lowest BCUT2D eigenvalue weighted by molar-refractivity contribution is -0.250. The molecule has 0 radical (unpaired) electrons. The van der Waals surface area contributed by atoms with E-state index in [1.165, 1.54) is 13.1 Å². The zero-order chi connectivity index (χ0) is 23.8. The Labute approximate surface area is 189 Å². The molecule has 11 heteroatoms. The highest BCUT2D eigenvalue weighted by molar-refractivity contribution is 6.30. The van der Waals surface area contributed by atoms with Crippen LogP contribution in [0.2, 0.25) is 5.02 Å². The van der Waals surface area contributed by atoms with Gasteiger partial charge in [0.05, 0.1) is 0 Å². The SMILES string of the molecule is CC(=O)OC[C@H]1O[C@@H](N=Cc2ccc(Cl)cc2)[C@H](OC(C)=O)[C@@H](OC(C)=O)[C@H]1OC(C)=O. The Morgan fingerprint density at radius 1 is 0.875 bits per heavy atom. The number of aliphatic imine (C=N–C) groups is 1. The van der Waals surface area contributed by atoms with E-state index in [1.807, 2.05) is 0 Å². The van der Waals surface area contributed by atoms with Crippen molar-refractivity contribution in [2.24, 2.45) is 4.99 Å². The average Bonchev–Trinajstić information content (AvgIpc) is 2.69. The number of carbonyl (C=O) groups excluding carboxylic acids is 4. The van der Waals surface area contributed by atoms with E-state index in [2.05, 4.69) is 4.99 Å². The average molecular weight is 470 g/mol. The van der Waals surface area contributed by atoms with E-state index in [0.29, 0.717) is 10.6 Å². The summed E-state index contributed by atoms with van der Waals surface area (Å²) in [5.74, 6) is -2.70. The summed E-state index contributed by atoms with van der Waals surface area (Å²) in [6.45, 7) is 4.35. The lowest BCUT2D eigenvalue weighted by Crippen LogP contribution is -2.62. The van der Waals surface area contributed by atoms with Gasteiger partial charge in [-0.2, -0.15) is 0 Å². The van der Waals surface area contributed by atoms with Crippen molar-refractivity contribution < 1.29 is 42.9 Å². The van der Waals surface area contributed by atoms with Gasteiger partial charge in [-0.25, -0.2) is 0 Å². The molecule has 1 saturated heterocycles. The van der Waals surface area contributed by atoms with E-state index in [-0.39, 0.29) is 6.61 Å². The summed E-state index contributed by atoms with van der Waals surface area (Å²) in [4.78, 5) is 50.9. The summed E-state index contributed by atoms with van der Waals surface area (Å²) in [7, 11) is 0. The topological polar surface area (TPSA) is 127 Å². The second kappa shape index (κ2) is 11.6. The molecule has 0 saturated carbocycles. The second-order valence-corrected chi connectivity index (χ2v) is 7.36. The first kappa shape index (κ1) is 25.3. The van der Waals surface area contributed by atoms with Crippen LogP contribution in [-0.2, 0) is 42.9 Å². The molecule has 1 fully saturated rings. The van der Waals surface area contributed by atoms with E-state index in [0.717, 1.165) is 20.8 Å². The van der Waals surface area contributed by atoms with Crippen LogP contribution >= 0.6 is 11.6 Å². The van der Waals surface area contributed by atoms with Crippen LogP contribution in [0, 0.1) is 0 Å². The molecule has 32 heavy (non-hydrogen) atoms. The molecule has 0 N–H and O–H groups in total. The molecule has 1 aromatic carbocycles. The molecule has 1 heterocycles. The van der Waals surface area contributed by atoms with E-state index in [1.54, 1.807) is 24.3 Å². The van der Waals surface area contributed by atoms with Crippen LogP contribution < -0.4 is 0 Å². The predicted octanol–water partition coefficient (Wildman–Crippen LogP) is 1.84. The minimum absolute atomic E-state index is 0.315. The number of carbonyl (C=O) groups is 4. The normalized spacial score (nSPS) is 25.1. The molecule has 10 nitrogen and oxygen atoms in total. The zero-order valence-electron chi connectivity index (χ0n) is 18.0. The molecule has 5 atom stereocenters. The fraction of sp³-hybridized carbons (Fsp3) is 0.476. The fourth-order valence-electron chi connectivity index (χ4n) is 3.03. The van der Waals surface area contributed by atoms with Crippen LogP contribution in [-0.4, -0.2) is 67.3 Å². The van der Waals surface area contributed by atoms with E-state index in [9.17, 15) is 19.2 Å². The Morgan fingerprint density at radius 3 is 1.94 bits per heavy atom. The van der Waals surface area contributed by atoms with E-state index in [4.69, 9.17) is 35.3 Å². The first-order valence-electron chi connectivity index (χ1n) is 9.66. The number of ether oxygens (including phenoxy) is 5. The molecule has 1 aliphatic rings. The van der Waals surface area contributed by atoms with Gasteiger partial charge in [0.15, 0.2) is 24.5 Å². The molecule has 2 rings (SSSR count). The highest BCUT2D eigenvalue weighted by Gasteiger charge is 2.52. The maximum atomic E-state index is 11.8. The third kappa shape index (κ3) is 7.61. The predicted molar refractivity (Wildman–Crippen MR) is 111 cm³/mol. The molecule has 0 bridgehead atoms. The first-order chi connectivity index (χ1) is 15.1. The van der Waals surface area contributed by atoms with Crippen molar-refractivity contribution in [1.82, 2.24) is 0 Å². The molecule has 0 spiro atoms. The molecular formula is C21H24ClNO9. The Morgan fingerprint density at radius 2 is 1.41 bits per heavy atom. The Balaban J connectivity index is 2.44. The lowest BCUT2D eigenvalue weighted by atomic mass is 9.97. The summed E-state index contributed by atoms with van der Waals surface area (Å²) in [5, 5.41) is 0.537. The highest BCUT2D eigenvalue weighted by atomic mass is 35.5. The Kier molecular flexibility index (Phi) is 9.15. The monoisotopic (exact) mass is 469 g/mol. The lowest BCUT2D eigenvalue weighted by Gasteiger charge is -2.43. The van der Waals surface area contributed by atoms with Crippen molar-refractivity contribution in [3.63, 3.8) is 0 Å².